The third kappa shape index (κ3) is 5.20. The lowest BCUT2D eigenvalue weighted by Crippen LogP contribution is -2.50. The quantitative estimate of drug-likeness (QED) is 0.371. The van der Waals surface area contributed by atoms with Crippen LogP contribution in [-0.4, -0.2) is 74.0 Å². The average Bonchev–Trinajstić information content (AvgIpc) is 3.27. The maximum Gasteiger partial charge on any atom is 0.256 e. The molecule has 2 aromatic carbocycles. The number of amidine groups is 1. The Hall–Kier alpha value is -2.53. The molecule has 35 heavy (non-hydrogen) atoms. The number of sulfonamides is 1. The van der Waals surface area contributed by atoms with Crippen molar-refractivity contribution in [3.8, 4) is 0 Å². The summed E-state index contributed by atoms with van der Waals surface area (Å²) in [4.78, 5) is 16.1. The molecule has 4 rings (SSSR count). The second-order valence-corrected chi connectivity index (χ2v) is 12.1. The molecule has 0 atom stereocenters. The van der Waals surface area contributed by atoms with Gasteiger partial charge in [-0.1, -0.05) is 30.7 Å². The SMILES string of the molecule is CCCN(C)C(=N)c1ccc(C(=O)N2CCN(S(=O)(=O)c3cc4ccc(Cl)cc4s3)CC2)c(F)c1. The zero-order valence-electron chi connectivity index (χ0n) is 19.4. The lowest BCUT2D eigenvalue weighted by atomic mass is 10.1. The van der Waals surface area contributed by atoms with Crippen molar-refractivity contribution in [2.45, 2.75) is 17.6 Å². The number of fused-ring (bicyclic) bond motifs is 1. The fraction of sp³-hybridized carbons (Fsp3) is 0.333. The predicted molar refractivity (Wildman–Crippen MR) is 138 cm³/mol. The molecule has 0 radical (unpaired) electrons. The van der Waals surface area contributed by atoms with Gasteiger partial charge in [-0.15, -0.1) is 11.3 Å². The van der Waals surface area contributed by atoms with Gasteiger partial charge in [0, 0.05) is 55.1 Å². The van der Waals surface area contributed by atoms with Crippen molar-refractivity contribution in [3.05, 3.63) is 64.4 Å². The highest BCUT2D eigenvalue weighted by atomic mass is 35.5. The zero-order chi connectivity index (χ0) is 25.3. The minimum atomic E-state index is -3.72. The Morgan fingerprint density at radius 3 is 2.51 bits per heavy atom. The van der Waals surface area contributed by atoms with Crippen molar-refractivity contribution in [1.82, 2.24) is 14.1 Å². The van der Waals surface area contributed by atoms with Gasteiger partial charge >= 0.3 is 0 Å². The molecule has 0 bridgehead atoms. The fourth-order valence-corrected chi connectivity index (χ4v) is 7.29. The number of amides is 1. The van der Waals surface area contributed by atoms with Crippen molar-refractivity contribution in [3.63, 3.8) is 0 Å². The van der Waals surface area contributed by atoms with E-state index in [1.165, 1.54) is 21.3 Å². The number of thiophene rings is 1. The molecule has 2 heterocycles. The molecule has 0 aliphatic carbocycles. The van der Waals surface area contributed by atoms with Crippen LogP contribution in [0.3, 0.4) is 0 Å². The van der Waals surface area contributed by atoms with Crippen molar-refractivity contribution >= 4 is 54.8 Å². The molecule has 1 saturated heterocycles. The molecule has 11 heteroatoms. The number of benzene rings is 2. The smallest absolute Gasteiger partial charge is 0.256 e. The molecular weight excluding hydrogens is 511 g/mol. The average molecular weight is 537 g/mol. The molecule has 186 valence electrons. The van der Waals surface area contributed by atoms with E-state index in [9.17, 15) is 17.6 Å². The third-order valence-electron chi connectivity index (χ3n) is 5.99. The van der Waals surface area contributed by atoms with Gasteiger partial charge in [0.25, 0.3) is 15.9 Å². The first-order valence-electron chi connectivity index (χ1n) is 11.2. The first kappa shape index (κ1) is 25.6. The van der Waals surface area contributed by atoms with E-state index in [4.69, 9.17) is 17.0 Å². The van der Waals surface area contributed by atoms with Crippen LogP contribution in [0.15, 0.2) is 46.7 Å². The van der Waals surface area contributed by atoms with Gasteiger partial charge in [-0.25, -0.2) is 12.8 Å². The van der Waals surface area contributed by atoms with Gasteiger partial charge in [0.05, 0.1) is 5.56 Å². The number of nitrogens with zero attached hydrogens (tertiary/aromatic N) is 3. The third-order valence-corrected chi connectivity index (χ3v) is 9.67. The number of rotatable bonds is 6. The van der Waals surface area contributed by atoms with Gasteiger partial charge in [0.1, 0.15) is 15.9 Å². The van der Waals surface area contributed by atoms with Crippen molar-refractivity contribution in [1.29, 1.82) is 5.41 Å². The number of carbonyl (C=O) groups excluding carboxylic acids is 1. The van der Waals surface area contributed by atoms with E-state index in [2.05, 4.69) is 0 Å². The molecular formula is C24H26ClFN4O3S2. The molecule has 1 aliphatic rings. The van der Waals surface area contributed by atoms with Crippen LogP contribution >= 0.6 is 22.9 Å². The monoisotopic (exact) mass is 536 g/mol. The summed E-state index contributed by atoms with van der Waals surface area (Å²) in [6.45, 7) is 3.22. The number of hydrogen-bond acceptors (Lipinski definition) is 5. The maximum absolute atomic E-state index is 14.8. The van der Waals surface area contributed by atoms with E-state index < -0.39 is 21.7 Å². The zero-order valence-corrected chi connectivity index (χ0v) is 21.8. The Morgan fingerprint density at radius 1 is 1.14 bits per heavy atom. The van der Waals surface area contributed by atoms with Gasteiger partial charge in [0.15, 0.2) is 0 Å². The second kappa shape index (κ2) is 10.2. The van der Waals surface area contributed by atoms with Gasteiger partial charge in [0.2, 0.25) is 0 Å². The van der Waals surface area contributed by atoms with Crippen LogP contribution in [-0.2, 0) is 10.0 Å². The van der Waals surface area contributed by atoms with E-state index in [0.29, 0.717) is 17.1 Å². The van der Waals surface area contributed by atoms with Crippen LogP contribution in [0.25, 0.3) is 10.1 Å². The van der Waals surface area contributed by atoms with Crippen molar-refractivity contribution in [2.24, 2.45) is 0 Å². The maximum atomic E-state index is 14.8. The first-order chi connectivity index (χ1) is 16.6. The highest BCUT2D eigenvalue weighted by Crippen LogP contribution is 2.33. The standard InChI is InChI=1S/C24H26ClFN4O3S2/c1-3-8-28(2)23(27)17-5-7-19(20(26)13-17)24(31)29-9-11-30(12-10-29)35(32,33)22-14-16-4-6-18(25)15-21(16)34-22/h4-7,13-15,27H,3,8-12H2,1-2H3. The second-order valence-electron chi connectivity index (χ2n) is 8.41. The summed E-state index contributed by atoms with van der Waals surface area (Å²) in [5.74, 6) is -0.996. The number of carbonyl (C=O) groups is 1. The summed E-state index contributed by atoms with van der Waals surface area (Å²) in [7, 11) is -1.95. The van der Waals surface area contributed by atoms with Gasteiger partial charge in [-0.05, 0) is 42.1 Å². The molecule has 1 N–H and O–H groups in total. The number of halogens is 2. The van der Waals surface area contributed by atoms with Crippen LogP contribution in [0, 0.1) is 11.2 Å². The van der Waals surface area contributed by atoms with Crippen LogP contribution in [0.5, 0.6) is 0 Å². The van der Waals surface area contributed by atoms with Crippen LogP contribution in [0.1, 0.15) is 29.3 Å². The van der Waals surface area contributed by atoms with E-state index in [1.807, 2.05) is 6.92 Å². The highest BCUT2D eigenvalue weighted by molar-refractivity contribution is 7.91. The van der Waals surface area contributed by atoms with E-state index in [0.717, 1.165) is 27.8 Å². The Labute approximate surface area is 213 Å². The van der Waals surface area contributed by atoms with E-state index in [1.54, 1.807) is 42.3 Å². The Balaban J connectivity index is 1.44. The van der Waals surface area contributed by atoms with Gasteiger partial charge in [-0.2, -0.15) is 4.31 Å². The lowest BCUT2D eigenvalue weighted by Gasteiger charge is -2.33. The summed E-state index contributed by atoms with van der Waals surface area (Å²) < 4.78 is 43.5. The lowest BCUT2D eigenvalue weighted by molar-refractivity contribution is 0.0693. The molecule has 0 spiro atoms. The number of nitrogens with one attached hydrogen (secondary N) is 1. The minimum absolute atomic E-state index is 0.0858. The predicted octanol–water partition coefficient (Wildman–Crippen LogP) is 4.51. The number of piperazine rings is 1. The molecule has 7 nitrogen and oxygen atoms in total. The molecule has 0 unspecified atom stereocenters. The summed E-state index contributed by atoms with van der Waals surface area (Å²) in [6.07, 6.45) is 0.858. The van der Waals surface area contributed by atoms with Crippen LogP contribution in [0.4, 0.5) is 4.39 Å². The normalized spacial score (nSPS) is 14.9. The van der Waals surface area contributed by atoms with Crippen LogP contribution in [0.2, 0.25) is 5.02 Å². The molecule has 0 saturated carbocycles. The topological polar surface area (TPSA) is 84.8 Å². The Kier molecular flexibility index (Phi) is 7.46. The fourth-order valence-electron chi connectivity index (χ4n) is 4.04. The number of hydrogen-bond donors (Lipinski definition) is 1. The molecule has 1 amide bonds. The van der Waals surface area contributed by atoms with Crippen molar-refractivity contribution < 1.29 is 17.6 Å². The minimum Gasteiger partial charge on any atom is -0.360 e. The van der Waals surface area contributed by atoms with Gasteiger partial charge in [-0.3, -0.25) is 10.2 Å². The van der Waals surface area contributed by atoms with Crippen molar-refractivity contribution in [2.75, 3.05) is 39.8 Å². The molecule has 1 fully saturated rings. The summed E-state index contributed by atoms with van der Waals surface area (Å²) >= 11 is 7.18. The molecule has 1 aromatic heterocycles. The summed E-state index contributed by atoms with van der Waals surface area (Å²) in [5.41, 5.74) is 0.313. The van der Waals surface area contributed by atoms with E-state index in [-0.39, 0.29) is 41.8 Å². The first-order valence-corrected chi connectivity index (χ1v) is 13.8. The van der Waals surface area contributed by atoms with E-state index >= 15 is 0 Å². The molecule has 1 aliphatic heterocycles. The summed E-state index contributed by atoms with van der Waals surface area (Å²) in [6, 6.07) is 11.0. The summed E-state index contributed by atoms with van der Waals surface area (Å²) in [5, 5.41) is 9.55. The molecule has 3 aromatic rings. The van der Waals surface area contributed by atoms with Crippen LogP contribution < -0.4 is 0 Å². The Morgan fingerprint density at radius 2 is 1.86 bits per heavy atom. The Bertz CT molecular complexity index is 1380. The highest BCUT2D eigenvalue weighted by Gasteiger charge is 2.32. The largest absolute Gasteiger partial charge is 0.360 e. The van der Waals surface area contributed by atoms with Gasteiger partial charge < -0.3 is 9.80 Å².